The number of hydrogen-bond donors (Lipinski definition) is 2. The molecule has 1 amide bonds. The number of carbonyl (C=O) groups is 1. The fourth-order valence-electron chi connectivity index (χ4n) is 3.82. The third-order valence-corrected chi connectivity index (χ3v) is 5.45. The van der Waals surface area contributed by atoms with E-state index < -0.39 is 0 Å². The molecule has 0 radical (unpaired) electrons. The Morgan fingerprint density at radius 1 is 1.21 bits per heavy atom. The molecule has 0 aliphatic carbocycles. The zero-order valence-electron chi connectivity index (χ0n) is 16.6. The summed E-state index contributed by atoms with van der Waals surface area (Å²) in [7, 11) is 1.66. The van der Waals surface area contributed by atoms with Crippen molar-refractivity contribution in [1.29, 1.82) is 0 Å². The van der Waals surface area contributed by atoms with Gasteiger partial charge in [-0.15, -0.1) is 0 Å². The molecule has 4 rings (SSSR count). The third kappa shape index (κ3) is 4.66. The number of aromatic nitrogens is 2. The highest BCUT2D eigenvalue weighted by molar-refractivity contribution is 5.96. The first-order valence-corrected chi connectivity index (χ1v) is 9.98. The summed E-state index contributed by atoms with van der Waals surface area (Å²) in [6, 6.07) is 15.8. The molecule has 2 heterocycles. The molecule has 2 aromatic carbocycles. The molecule has 2 N–H and O–H groups in total. The molecule has 1 aliphatic heterocycles. The minimum absolute atomic E-state index is 0.0289. The molecule has 150 valence electrons. The Morgan fingerprint density at radius 3 is 2.79 bits per heavy atom. The minimum atomic E-state index is 0.0289. The lowest BCUT2D eigenvalue weighted by atomic mass is 9.95. The molecule has 0 atom stereocenters. The number of piperidine rings is 1. The van der Waals surface area contributed by atoms with Gasteiger partial charge in [0.05, 0.1) is 13.7 Å². The fraction of sp³-hybridized carbons (Fsp3) is 0.304. The Kier molecular flexibility index (Phi) is 5.91. The lowest BCUT2D eigenvalue weighted by molar-refractivity contribution is -0.121. The molecular weight excluding hydrogens is 364 g/mol. The number of anilines is 1. The standard InChI is InChI=1S/C23H26N4O2/c1-29-19-6-4-5-18(15-19)20-7-2-3-8-21(20)26-23(28)17-9-13-27(14-10-17)16-22-24-11-12-25-22/h2-8,11-12,15,17H,9-10,13-14,16H2,1H3,(H,24,25)(H,26,28). The summed E-state index contributed by atoms with van der Waals surface area (Å²) in [4.78, 5) is 22.7. The molecule has 0 spiro atoms. The predicted octanol–water partition coefficient (Wildman–Crippen LogP) is 3.94. The normalized spacial score (nSPS) is 15.2. The monoisotopic (exact) mass is 390 g/mol. The highest BCUT2D eigenvalue weighted by Gasteiger charge is 2.25. The molecular formula is C23H26N4O2. The van der Waals surface area contributed by atoms with E-state index >= 15 is 0 Å². The number of ether oxygens (including phenoxy) is 1. The number of para-hydroxylation sites is 1. The molecule has 1 fully saturated rings. The number of H-pyrrole nitrogens is 1. The first-order chi connectivity index (χ1) is 14.2. The van der Waals surface area contributed by atoms with E-state index in [-0.39, 0.29) is 11.8 Å². The SMILES string of the molecule is COc1cccc(-c2ccccc2NC(=O)C2CCN(Cc3ncc[nH]3)CC2)c1. The number of hydrogen-bond acceptors (Lipinski definition) is 4. The smallest absolute Gasteiger partial charge is 0.227 e. The van der Waals surface area contributed by atoms with Crippen LogP contribution < -0.4 is 10.1 Å². The van der Waals surface area contributed by atoms with Gasteiger partial charge in [0.1, 0.15) is 11.6 Å². The third-order valence-electron chi connectivity index (χ3n) is 5.45. The lowest BCUT2D eigenvalue weighted by Gasteiger charge is -2.30. The van der Waals surface area contributed by atoms with E-state index in [0.717, 1.165) is 60.9 Å². The summed E-state index contributed by atoms with van der Waals surface area (Å²) < 4.78 is 5.34. The largest absolute Gasteiger partial charge is 0.497 e. The molecule has 29 heavy (non-hydrogen) atoms. The fourth-order valence-corrected chi connectivity index (χ4v) is 3.82. The number of carbonyl (C=O) groups excluding carboxylic acids is 1. The van der Waals surface area contributed by atoms with Crippen LogP contribution in [-0.4, -0.2) is 41.0 Å². The lowest BCUT2D eigenvalue weighted by Crippen LogP contribution is -2.38. The van der Waals surface area contributed by atoms with Crippen molar-refractivity contribution in [2.45, 2.75) is 19.4 Å². The van der Waals surface area contributed by atoms with E-state index in [1.807, 2.05) is 54.7 Å². The summed E-state index contributed by atoms with van der Waals surface area (Å²) in [6.07, 6.45) is 5.33. The van der Waals surface area contributed by atoms with Crippen LogP contribution in [0.3, 0.4) is 0 Å². The molecule has 6 heteroatoms. The van der Waals surface area contributed by atoms with E-state index in [1.165, 1.54) is 0 Å². The van der Waals surface area contributed by atoms with Crippen LogP contribution in [0.1, 0.15) is 18.7 Å². The summed E-state index contributed by atoms with van der Waals surface area (Å²) in [5, 5.41) is 3.16. The Morgan fingerprint density at radius 2 is 2.03 bits per heavy atom. The first-order valence-electron chi connectivity index (χ1n) is 9.98. The molecule has 1 aliphatic rings. The van der Waals surface area contributed by atoms with Crippen molar-refractivity contribution in [2.24, 2.45) is 5.92 Å². The van der Waals surface area contributed by atoms with Crippen LogP contribution in [0.5, 0.6) is 5.75 Å². The first kappa shape index (κ1) is 19.2. The van der Waals surface area contributed by atoms with Crippen LogP contribution in [0.2, 0.25) is 0 Å². The number of methoxy groups -OCH3 is 1. The molecule has 1 aromatic heterocycles. The van der Waals surface area contributed by atoms with Gasteiger partial charge in [0.25, 0.3) is 0 Å². The maximum atomic E-state index is 12.9. The van der Waals surface area contributed by atoms with Gasteiger partial charge in [0.15, 0.2) is 0 Å². The van der Waals surface area contributed by atoms with E-state index in [0.29, 0.717) is 0 Å². The average molecular weight is 390 g/mol. The number of rotatable bonds is 6. The van der Waals surface area contributed by atoms with E-state index in [1.54, 1.807) is 13.3 Å². The van der Waals surface area contributed by atoms with Gasteiger partial charge >= 0.3 is 0 Å². The number of benzene rings is 2. The van der Waals surface area contributed by atoms with Crippen LogP contribution in [0.25, 0.3) is 11.1 Å². The number of imidazole rings is 1. The quantitative estimate of drug-likeness (QED) is 0.669. The van der Waals surface area contributed by atoms with Crippen LogP contribution in [0.15, 0.2) is 60.9 Å². The second-order valence-electron chi connectivity index (χ2n) is 7.35. The average Bonchev–Trinajstić information content (AvgIpc) is 3.28. The van der Waals surface area contributed by atoms with Crippen molar-refractivity contribution < 1.29 is 9.53 Å². The summed E-state index contributed by atoms with van der Waals surface area (Å²) in [5.41, 5.74) is 2.85. The van der Waals surface area contributed by atoms with E-state index in [4.69, 9.17) is 4.74 Å². The molecule has 0 saturated carbocycles. The van der Waals surface area contributed by atoms with Crippen LogP contribution in [0.4, 0.5) is 5.69 Å². The Labute approximate surface area is 170 Å². The van der Waals surface area contributed by atoms with Gasteiger partial charge in [-0.1, -0.05) is 30.3 Å². The molecule has 3 aromatic rings. The van der Waals surface area contributed by atoms with Gasteiger partial charge in [-0.05, 0) is 49.7 Å². The molecule has 0 unspecified atom stereocenters. The van der Waals surface area contributed by atoms with E-state index in [9.17, 15) is 4.79 Å². The summed E-state index contributed by atoms with van der Waals surface area (Å²) >= 11 is 0. The van der Waals surface area contributed by atoms with Crippen LogP contribution in [-0.2, 0) is 11.3 Å². The van der Waals surface area contributed by atoms with Crippen molar-refractivity contribution in [3.05, 3.63) is 66.7 Å². The number of nitrogens with zero attached hydrogens (tertiary/aromatic N) is 2. The Bertz CT molecular complexity index is 947. The summed E-state index contributed by atoms with van der Waals surface area (Å²) in [5.74, 6) is 1.90. The highest BCUT2D eigenvalue weighted by atomic mass is 16.5. The molecule has 6 nitrogen and oxygen atoms in total. The number of likely N-dealkylation sites (tertiary alicyclic amines) is 1. The minimum Gasteiger partial charge on any atom is -0.497 e. The van der Waals surface area contributed by atoms with Gasteiger partial charge in [-0.2, -0.15) is 0 Å². The van der Waals surface area contributed by atoms with Crippen LogP contribution >= 0.6 is 0 Å². The van der Waals surface area contributed by atoms with Gasteiger partial charge in [0.2, 0.25) is 5.91 Å². The number of amides is 1. The van der Waals surface area contributed by atoms with Gasteiger partial charge in [-0.25, -0.2) is 4.98 Å². The van der Waals surface area contributed by atoms with Crippen molar-refractivity contribution in [3.63, 3.8) is 0 Å². The Balaban J connectivity index is 1.40. The maximum Gasteiger partial charge on any atom is 0.227 e. The Hall–Kier alpha value is -3.12. The van der Waals surface area contributed by atoms with Crippen molar-refractivity contribution in [3.8, 4) is 16.9 Å². The predicted molar refractivity (Wildman–Crippen MR) is 114 cm³/mol. The second kappa shape index (κ2) is 8.92. The molecule has 0 bridgehead atoms. The van der Waals surface area contributed by atoms with Gasteiger partial charge in [0, 0.05) is 29.6 Å². The zero-order chi connectivity index (χ0) is 20.1. The van der Waals surface area contributed by atoms with Crippen LogP contribution in [0, 0.1) is 5.92 Å². The van der Waals surface area contributed by atoms with Crippen molar-refractivity contribution in [2.75, 3.05) is 25.5 Å². The number of nitrogens with one attached hydrogen (secondary N) is 2. The van der Waals surface area contributed by atoms with Crippen molar-refractivity contribution in [1.82, 2.24) is 14.9 Å². The van der Waals surface area contributed by atoms with E-state index in [2.05, 4.69) is 20.2 Å². The van der Waals surface area contributed by atoms with Gasteiger partial charge in [-0.3, -0.25) is 9.69 Å². The summed E-state index contributed by atoms with van der Waals surface area (Å²) in [6.45, 7) is 2.60. The topological polar surface area (TPSA) is 70.2 Å². The molecule has 1 saturated heterocycles. The second-order valence-corrected chi connectivity index (χ2v) is 7.35. The van der Waals surface area contributed by atoms with Crippen molar-refractivity contribution >= 4 is 11.6 Å². The van der Waals surface area contributed by atoms with Gasteiger partial charge < -0.3 is 15.0 Å². The zero-order valence-corrected chi connectivity index (χ0v) is 16.6. The highest BCUT2D eigenvalue weighted by Crippen LogP contribution is 2.31. The number of aromatic amines is 1. The maximum absolute atomic E-state index is 12.9.